The van der Waals surface area contributed by atoms with Crippen LogP contribution in [0.15, 0.2) is 35.1 Å². The Hall–Kier alpha value is -1.69. The Labute approximate surface area is 107 Å². The van der Waals surface area contributed by atoms with Crippen molar-refractivity contribution in [2.75, 3.05) is 0 Å². The molecule has 0 aliphatic heterocycles. The number of carbonyl (C=O) groups excluding carboxylic acids is 1. The summed E-state index contributed by atoms with van der Waals surface area (Å²) >= 11 is 3.22. The number of halogens is 1. The third-order valence-electron chi connectivity index (χ3n) is 2.15. The number of nitrogens with one attached hydrogen (secondary N) is 1. The normalized spacial score (nSPS) is 10.2. The van der Waals surface area contributed by atoms with Gasteiger partial charge >= 0.3 is 0 Å². The predicted molar refractivity (Wildman–Crippen MR) is 66.3 cm³/mol. The maximum absolute atomic E-state index is 11.7. The molecule has 6 heteroatoms. The standard InChI is InChI=1S/C11H11BrN4O/c1-16-6-5-8(15-16)7-13-11(17)9-3-2-4-10(12)14-9/h2-6H,7H2,1H3,(H,13,17). The van der Waals surface area contributed by atoms with E-state index in [0.29, 0.717) is 16.8 Å². The molecule has 1 N–H and O–H groups in total. The Balaban J connectivity index is 1.98. The summed E-state index contributed by atoms with van der Waals surface area (Å²) in [5.74, 6) is -0.211. The van der Waals surface area contributed by atoms with E-state index in [0.717, 1.165) is 5.69 Å². The van der Waals surface area contributed by atoms with Crippen LogP contribution in [0.5, 0.6) is 0 Å². The fourth-order valence-electron chi connectivity index (χ4n) is 1.35. The highest BCUT2D eigenvalue weighted by Crippen LogP contribution is 2.06. The molecule has 2 heterocycles. The van der Waals surface area contributed by atoms with Crippen molar-refractivity contribution in [1.29, 1.82) is 0 Å². The van der Waals surface area contributed by atoms with Crippen molar-refractivity contribution < 1.29 is 4.79 Å². The number of amides is 1. The van der Waals surface area contributed by atoms with Crippen LogP contribution in [-0.4, -0.2) is 20.7 Å². The van der Waals surface area contributed by atoms with Crippen LogP contribution < -0.4 is 5.32 Å². The van der Waals surface area contributed by atoms with Gasteiger partial charge in [0.05, 0.1) is 12.2 Å². The molecule has 0 unspecified atom stereocenters. The molecule has 0 bridgehead atoms. The van der Waals surface area contributed by atoms with Gasteiger partial charge in [0.15, 0.2) is 0 Å². The van der Waals surface area contributed by atoms with Gasteiger partial charge in [0.1, 0.15) is 10.3 Å². The summed E-state index contributed by atoms with van der Waals surface area (Å²) in [5.41, 5.74) is 1.20. The number of hydrogen-bond acceptors (Lipinski definition) is 3. The summed E-state index contributed by atoms with van der Waals surface area (Å²) in [6.45, 7) is 0.397. The lowest BCUT2D eigenvalue weighted by Gasteiger charge is -2.02. The summed E-state index contributed by atoms with van der Waals surface area (Å²) in [7, 11) is 1.83. The van der Waals surface area contributed by atoms with Crippen molar-refractivity contribution in [3.63, 3.8) is 0 Å². The van der Waals surface area contributed by atoms with E-state index < -0.39 is 0 Å². The molecule has 2 rings (SSSR count). The van der Waals surface area contributed by atoms with Gasteiger partial charge < -0.3 is 5.32 Å². The molecule has 1 amide bonds. The molecule has 0 aliphatic rings. The lowest BCUT2D eigenvalue weighted by atomic mass is 10.3. The van der Waals surface area contributed by atoms with Crippen LogP contribution in [0.25, 0.3) is 0 Å². The van der Waals surface area contributed by atoms with Crippen molar-refractivity contribution in [2.45, 2.75) is 6.54 Å². The Morgan fingerprint density at radius 1 is 1.47 bits per heavy atom. The van der Waals surface area contributed by atoms with Gasteiger partial charge in [0, 0.05) is 13.2 Å². The minimum atomic E-state index is -0.211. The number of nitrogens with zero attached hydrogens (tertiary/aromatic N) is 3. The van der Waals surface area contributed by atoms with Crippen LogP contribution in [-0.2, 0) is 13.6 Å². The molecule has 0 radical (unpaired) electrons. The lowest BCUT2D eigenvalue weighted by Crippen LogP contribution is -2.24. The molecule has 0 spiro atoms. The first-order chi connectivity index (χ1) is 8.15. The van der Waals surface area contributed by atoms with Crippen LogP contribution in [0.1, 0.15) is 16.2 Å². The third-order valence-corrected chi connectivity index (χ3v) is 2.59. The molecule has 0 aliphatic carbocycles. The topological polar surface area (TPSA) is 59.8 Å². The predicted octanol–water partition coefficient (Wildman–Crippen LogP) is 1.51. The van der Waals surface area contributed by atoms with E-state index in [1.807, 2.05) is 19.3 Å². The van der Waals surface area contributed by atoms with Crippen molar-refractivity contribution in [2.24, 2.45) is 7.05 Å². The average molecular weight is 295 g/mol. The van der Waals surface area contributed by atoms with Crippen LogP contribution in [0.4, 0.5) is 0 Å². The highest BCUT2D eigenvalue weighted by atomic mass is 79.9. The first kappa shape index (κ1) is 11.8. The number of hydrogen-bond donors (Lipinski definition) is 1. The quantitative estimate of drug-likeness (QED) is 0.873. The summed E-state index contributed by atoms with van der Waals surface area (Å²) in [6, 6.07) is 7.06. The molecular formula is C11H11BrN4O. The smallest absolute Gasteiger partial charge is 0.270 e. The minimum Gasteiger partial charge on any atom is -0.345 e. The molecule has 0 fully saturated rings. The van der Waals surface area contributed by atoms with E-state index in [1.165, 1.54) is 0 Å². The van der Waals surface area contributed by atoms with Gasteiger partial charge in [-0.25, -0.2) is 4.98 Å². The summed E-state index contributed by atoms with van der Waals surface area (Å²) in [4.78, 5) is 15.8. The number of aryl methyl sites for hydroxylation is 1. The third kappa shape index (κ3) is 3.13. The molecule has 5 nitrogen and oxygen atoms in total. The second kappa shape index (κ2) is 5.09. The molecule has 0 aromatic carbocycles. The first-order valence-electron chi connectivity index (χ1n) is 5.04. The maximum atomic E-state index is 11.7. The van der Waals surface area contributed by atoms with E-state index in [-0.39, 0.29) is 5.91 Å². The summed E-state index contributed by atoms with van der Waals surface area (Å²) in [6.07, 6.45) is 1.83. The van der Waals surface area contributed by atoms with E-state index in [9.17, 15) is 4.79 Å². The van der Waals surface area contributed by atoms with Gasteiger partial charge in [-0.2, -0.15) is 5.10 Å². The van der Waals surface area contributed by atoms with E-state index >= 15 is 0 Å². The maximum Gasteiger partial charge on any atom is 0.270 e. The van der Waals surface area contributed by atoms with Gasteiger partial charge in [-0.05, 0) is 34.1 Å². The Bertz CT molecular complexity index is 538. The Kier molecular flexibility index (Phi) is 3.53. The van der Waals surface area contributed by atoms with Crippen molar-refractivity contribution in [1.82, 2.24) is 20.1 Å². The van der Waals surface area contributed by atoms with E-state index in [4.69, 9.17) is 0 Å². The highest BCUT2D eigenvalue weighted by Gasteiger charge is 2.07. The van der Waals surface area contributed by atoms with Crippen LogP contribution in [0, 0.1) is 0 Å². The number of aromatic nitrogens is 3. The fraction of sp³-hybridized carbons (Fsp3) is 0.182. The van der Waals surface area contributed by atoms with Gasteiger partial charge in [0.2, 0.25) is 0 Å². The number of carbonyl (C=O) groups is 1. The molecular weight excluding hydrogens is 284 g/mol. The van der Waals surface area contributed by atoms with Crippen LogP contribution >= 0.6 is 15.9 Å². The number of pyridine rings is 1. The van der Waals surface area contributed by atoms with Gasteiger partial charge in [-0.3, -0.25) is 9.48 Å². The minimum absolute atomic E-state index is 0.211. The van der Waals surface area contributed by atoms with Gasteiger partial charge in [-0.1, -0.05) is 6.07 Å². The zero-order chi connectivity index (χ0) is 12.3. The zero-order valence-corrected chi connectivity index (χ0v) is 10.8. The monoisotopic (exact) mass is 294 g/mol. The van der Waals surface area contributed by atoms with E-state index in [2.05, 4.69) is 31.3 Å². The van der Waals surface area contributed by atoms with Crippen molar-refractivity contribution in [3.8, 4) is 0 Å². The molecule has 17 heavy (non-hydrogen) atoms. The largest absolute Gasteiger partial charge is 0.345 e. The highest BCUT2D eigenvalue weighted by molar-refractivity contribution is 9.10. The van der Waals surface area contributed by atoms with Gasteiger partial charge in [-0.15, -0.1) is 0 Å². The van der Waals surface area contributed by atoms with Crippen LogP contribution in [0.2, 0.25) is 0 Å². The summed E-state index contributed by atoms with van der Waals surface area (Å²) < 4.78 is 2.33. The SMILES string of the molecule is Cn1ccc(CNC(=O)c2cccc(Br)n2)n1. The lowest BCUT2D eigenvalue weighted by molar-refractivity contribution is 0.0945. The van der Waals surface area contributed by atoms with Gasteiger partial charge in [0.25, 0.3) is 5.91 Å². The van der Waals surface area contributed by atoms with Crippen molar-refractivity contribution in [3.05, 3.63) is 46.5 Å². The molecule has 2 aromatic rings. The Morgan fingerprint density at radius 3 is 2.94 bits per heavy atom. The van der Waals surface area contributed by atoms with Crippen LogP contribution in [0.3, 0.4) is 0 Å². The fourth-order valence-corrected chi connectivity index (χ4v) is 1.70. The molecule has 0 atom stereocenters. The van der Waals surface area contributed by atoms with Crippen molar-refractivity contribution >= 4 is 21.8 Å². The number of rotatable bonds is 3. The zero-order valence-electron chi connectivity index (χ0n) is 9.22. The summed E-state index contributed by atoms with van der Waals surface area (Å²) in [5, 5.41) is 6.92. The molecule has 0 saturated heterocycles. The molecule has 88 valence electrons. The Morgan fingerprint density at radius 2 is 2.29 bits per heavy atom. The van der Waals surface area contributed by atoms with E-state index in [1.54, 1.807) is 22.9 Å². The molecule has 0 saturated carbocycles. The average Bonchev–Trinajstić information content (AvgIpc) is 2.72. The molecule has 2 aromatic heterocycles. The second-order valence-electron chi connectivity index (χ2n) is 3.51. The second-order valence-corrected chi connectivity index (χ2v) is 4.32. The first-order valence-corrected chi connectivity index (χ1v) is 5.84.